The molecule has 0 spiro atoms. The highest BCUT2D eigenvalue weighted by molar-refractivity contribution is 5.99. The van der Waals surface area contributed by atoms with Gasteiger partial charge in [0.1, 0.15) is 12.4 Å². The van der Waals surface area contributed by atoms with E-state index < -0.39 is 11.8 Å². The van der Waals surface area contributed by atoms with Crippen molar-refractivity contribution >= 4 is 17.5 Å². The van der Waals surface area contributed by atoms with Crippen molar-refractivity contribution in [1.29, 1.82) is 0 Å². The number of rotatable bonds is 5. The Morgan fingerprint density at radius 1 is 0.960 bits per heavy atom. The van der Waals surface area contributed by atoms with Crippen LogP contribution >= 0.6 is 0 Å². The zero-order chi connectivity index (χ0) is 17.5. The summed E-state index contributed by atoms with van der Waals surface area (Å²) in [5.74, 6) is 0.168. The molecule has 126 valence electrons. The van der Waals surface area contributed by atoms with E-state index >= 15 is 0 Å². The summed E-state index contributed by atoms with van der Waals surface area (Å²) in [6.07, 6.45) is 1.54. The summed E-state index contributed by atoms with van der Waals surface area (Å²) in [4.78, 5) is 16.2. The van der Waals surface area contributed by atoms with Crippen molar-refractivity contribution in [3.63, 3.8) is 0 Å². The van der Waals surface area contributed by atoms with Gasteiger partial charge in [0.05, 0.1) is 5.69 Å². The average molecular weight is 337 g/mol. The third-order valence-corrected chi connectivity index (χ3v) is 3.36. The molecule has 1 aromatic heterocycles. The molecule has 0 atom stereocenters. The Morgan fingerprint density at radius 3 is 2.52 bits per heavy atom. The molecule has 5 nitrogen and oxygen atoms in total. The lowest BCUT2D eigenvalue weighted by Crippen LogP contribution is -2.21. The third kappa shape index (κ3) is 4.54. The molecule has 0 unspecified atom stereocenters. The Labute approximate surface area is 144 Å². The van der Waals surface area contributed by atoms with Gasteiger partial charge < -0.3 is 10.1 Å². The Morgan fingerprint density at radius 2 is 1.72 bits per heavy atom. The van der Waals surface area contributed by atoms with E-state index in [-0.39, 0.29) is 11.5 Å². The normalized spacial score (nSPS) is 10.1. The molecule has 2 N–H and O–H groups in total. The van der Waals surface area contributed by atoms with E-state index in [1.165, 1.54) is 18.3 Å². The highest BCUT2D eigenvalue weighted by atomic mass is 19.1. The topological polar surface area (TPSA) is 63.2 Å². The number of carbonyl (C=O) groups is 1. The second kappa shape index (κ2) is 7.92. The Bertz CT molecular complexity index is 856. The first-order valence-corrected chi connectivity index (χ1v) is 7.66. The van der Waals surface area contributed by atoms with Crippen LogP contribution in [0.25, 0.3) is 0 Å². The second-order valence-electron chi connectivity index (χ2n) is 5.18. The highest BCUT2D eigenvalue weighted by Gasteiger charge is 2.11. The zero-order valence-corrected chi connectivity index (χ0v) is 13.3. The van der Waals surface area contributed by atoms with Gasteiger partial charge in [-0.1, -0.05) is 42.5 Å². The number of nitrogens with zero attached hydrogens (tertiary/aromatic N) is 1. The predicted octanol–water partition coefficient (Wildman–Crippen LogP) is 4.44. The van der Waals surface area contributed by atoms with Gasteiger partial charge in [0.25, 0.3) is 0 Å². The van der Waals surface area contributed by atoms with Gasteiger partial charge in [-0.25, -0.2) is 14.2 Å². The van der Waals surface area contributed by atoms with Gasteiger partial charge in [-0.2, -0.15) is 0 Å². The van der Waals surface area contributed by atoms with E-state index in [4.69, 9.17) is 4.74 Å². The smallest absolute Gasteiger partial charge is 0.325 e. The maximum Gasteiger partial charge on any atom is 0.325 e. The fraction of sp³-hybridized carbons (Fsp3) is 0.0526. The summed E-state index contributed by atoms with van der Waals surface area (Å²) >= 11 is 0. The first-order chi connectivity index (χ1) is 12.2. The number of aromatic nitrogens is 1. The highest BCUT2D eigenvalue weighted by Crippen LogP contribution is 2.22. The number of carbonyl (C=O) groups excluding carboxylic acids is 1. The number of para-hydroxylation sites is 1. The minimum atomic E-state index is -0.603. The number of urea groups is 1. The van der Waals surface area contributed by atoms with E-state index in [9.17, 15) is 9.18 Å². The minimum absolute atomic E-state index is 0.0858. The average Bonchev–Trinajstić information content (AvgIpc) is 2.64. The number of nitrogens with one attached hydrogen (secondary N) is 2. The number of hydrogen-bond acceptors (Lipinski definition) is 3. The summed E-state index contributed by atoms with van der Waals surface area (Å²) in [6.45, 7) is 0.343. The van der Waals surface area contributed by atoms with Crippen LogP contribution in [0.1, 0.15) is 5.56 Å². The molecule has 3 aromatic rings. The van der Waals surface area contributed by atoms with Crippen LogP contribution in [0.15, 0.2) is 72.9 Å². The van der Waals surface area contributed by atoms with Crippen LogP contribution in [0.5, 0.6) is 5.75 Å². The Balaban J connectivity index is 1.66. The van der Waals surface area contributed by atoms with Crippen molar-refractivity contribution in [2.45, 2.75) is 6.61 Å². The zero-order valence-electron chi connectivity index (χ0n) is 13.3. The van der Waals surface area contributed by atoms with Gasteiger partial charge in [-0.05, 0) is 29.8 Å². The lowest BCUT2D eigenvalue weighted by Gasteiger charge is -2.12. The molecule has 2 amide bonds. The van der Waals surface area contributed by atoms with Gasteiger partial charge in [-0.15, -0.1) is 0 Å². The fourth-order valence-corrected chi connectivity index (χ4v) is 2.16. The number of anilines is 2. The van der Waals surface area contributed by atoms with Crippen molar-refractivity contribution in [1.82, 2.24) is 4.98 Å². The number of pyridine rings is 1. The van der Waals surface area contributed by atoms with Crippen LogP contribution in [-0.2, 0) is 6.61 Å². The van der Waals surface area contributed by atoms with Crippen LogP contribution in [-0.4, -0.2) is 11.0 Å². The van der Waals surface area contributed by atoms with Gasteiger partial charge in [0.15, 0.2) is 11.6 Å². The van der Waals surface area contributed by atoms with Gasteiger partial charge in [0.2, 0.25) is 0 Å². The molecule has 25 heavy (non-hydrogen) atoms. The van der Waals surface area contributed by atoms with Crippen molar-refractivity contribution in [2.75, 3.05) is 10.6 Å². The maximum atomic E-state index is 13.6. The largest absolute Gasteiger partial charge is 0.485 e. The molecule has 0 aliphatic rings. The van der Waals surface area contributed by atoms with E-state index in [0.717, 1.165) is 5.56 Å². The molecule has 2 aromatic carbocycles. The molecular weight excluding hydrogens is 321 g/mol. The van der Waals surface area contributed by atoms with Crippen LogP contribution in [0.3, 0.4) is 0 Å². The Hall–Kier alpha value is -3.41. The van der Waals surface area contributed by atoms with E-state index in [2.05, 4.69) is 15.6 Å². The minimum Gasteiger partial charge on any atom is -0.485 e. The standard InChI is InChI=1S/C19H16FN3O2/c20-15-9-4-5-10-16(15)22-19(24)23-18-17(11-6-12-21-18)25-13-14-7-2-1-3-8-14/h1-12H,13H2,(H2,21,22,23,24). The first-order valence-electron chi connectivity index (χ1n) is 7.66. The summed E-state index contributed by atoms with van der Waals surface area (Å²) in [7, 11) is 0. The number of hydrogen-bond donors (Lipinski definition) is 2. The predicted molar refractivity (Wildman–Crippen MR) is 94.1 cm³/mol. The van der Waals surface area contributed by atoms with Gasteiger partial charge in [0, 0.05) is 6.20 Å². The molecule has 0 bridgehead atoms. The van der Waals surface area contributed by atoms with E-state index in [1.54, 1.807) is 24.3 Å². The molecule has 0 fully saturated rings. The summed E-state index contributed by atoms with van der Waals surface area (Å²) < 4.78 is 19.3. The Kier molecular flexibility index (Phi) is 5.21. The van der Waals surface area contributed by atoms with Crippen molar-refractivity contribution in [3.8, 4) is 5.75 Å². The maximum absolute atomic E-state index is 13.6. The van der Waals surface area contributed by atoms with Crippen LogP contribution < -0.4 is 15.4 Å². The number of amides is 2. The van der Waals surface area contributed by atoms with Crippen molar-refractivity contribution in [2.24, 2.45) is 0 Å². The SMILES string of the molecule is O=C(Nc1ccccc1F)Nc1ncccc1OCc1ccccc1. The molecule has 0 radical (unpaired) electrons. The summed E-state index contributed by atoms with van der Waals surface area (Å²) in [5.41, 5.74) is 1.08. The molecular formula is C19H16FN3O2. The third-order valence-electron chi connectivity index (χ3n) is 3.36. The molecule has 3 rings (SSSR count). The van der Waals surface area contributed by atoms with Crippen molar-refractivity contribution < 1.29 is 13.9 Å². The molecule has 0 aliphatic heterocycles. The first kappa shape index (κ1) is 16.4. The lowest BCUT2D eigenvalue weighted by molar-refractivity contribution is 0.261. The molecule has 0 saturated carbocycles. The van der Waals surface area contributed by atoms with Crippen LogP contribution in [0.2, 0.25) is 0 Å². The molecule has 0 saturated heterocycles. The monoisotopic (exact) mass is 337 g/mol. The summed E-state index contributed by atoms with van der Waals surface area (Å²) in [5, 5.41) is 5.01. The number of benzene rings is 2. The summed E-state index contributed by atoms with van der Waals surface area (Å²) in [6, 6.07) is 18.4. The second-order valence-corrected chi connectivity index (χ2v) is 5.18. The van der Waals surface area contributed by atoms with Gasteiger partial charge >= 0.3 is 6.03 Å². The number of halogens is 1. The van der Waals surface area contributed by atoms with Gasteiger partial charge in [-0.3, -0.25) is 5.32 Å². The lowest BCUT2D eigenvalue weighted by atomic mass is 10.2. The quantitative estimate of drug-likeness (QED) is 0.723. The van der Waals surface area contributed by atoms with Crippen molar-refractivity contribution in [3.05, 3.63) is 84.3 Å². The van der Waals surface area contributed by atoms with E-state index in [1.807, 2.05) is 30.3 Å². The molecule has 6 heteroatoms. The molecule has 0 aliphatic carbocycles. The van der Waals surface area contributed by atoms with Crippen LogP contribution in [0, 0.1) is 5.82 Å². The van der Waals surface area contributed by atoms with E-state index in [0.29, 0.717) is 12.4 Å². The van der Waals surface area contributed by atoms with Crippen LogP contribution in [0.4, 0.5) is 20.7 Å². The number of ether oxygens (including phenoxy) is 1. The fourth-order valence-electron chi connectivity index (χ4n) is 2.16. The molecule has 1 heterocycles.